The highest BCUT2D eigenvalue weighted by Gasteiger charge is 2.17. The molecule has 164 valence electrons. The Kier molecular flexibility index (Phi) is 6.58. The highest BCUT2D eigenvalue weighted by Crippen LogP contribution is 2.40. The summed E-state index contributed by atoms with van der Waals surface area (Å²) in [5.74, 6) is 0.635. The smallest absolute Gasteiger partial charge is 0.225 e. The van der Waals surface area contributed by atoms with E-state index in [9.17, 15) is 10.1 Å². The molecule has 3 heterocycles. The zero-order valence-corrected chi connectivity index (χ0v) is 18.7. The third-order valence-corrected chi connectivity index (χ3v) is 6.08. The van der Waals surface area contributed by atoms with E-state index in [1.54, 1.807) is 17.7 Å². The Morgan fingerprint density at radius 2 is 2.00 bits per heavy atom. The molecule has 0 atom stereocenters. The molecule has 4 aromatic rings. The molecule has 33 heavy (non-hydrogen) atoms. The number of aryl methyl sites for hydroxylation is 1. The molecule has 0 aliphatic rings. The Bertz CT molecular complexity index is 1380. The minimum Gasteiger partial charge on any atom is -0.369 e. The third-order valence-electron chi connectivity index (χ3n) is 5.07. The summed E-state index contributed by atoms with van der Waals surface area (Å²) < 4.78 is 0. The second kappa shape index (κ2) is 9.90. The van der Waals surface area contributed by atoms with Gasteiger partial charge in [-0.05, 0) is 18.9 Å². The lowest BCUT2D eigenvalue weighted by Gasteiger charge is -2.09. The first-order chi connectivity index (χ1) is 16.1. The minimum atomic E-state index is -0.257. The van der Waals surface area contributed by atoms with E-state index in [0.717, 1.165) is 27.2 Å². The van der Waals surface area contributed by atoms with Crippen molar-refractivity contribution in [3.8, 4) is 23.3 Å². The molecule has 0 aliphatic carbocycles. The molecule has 3 aromatic heterocycles. The summed E-state index contributed by atoms with van der Waals surface area (Å²) in [6.45, 7) is 2.61. The van der Waals surface area contributed by atoms with Gasteiger partial charge in [-0.1, -0.05) is 30.3 Å². The number of nitrogens with one attached hydrogen (secondary N) is 3. The number of rotatable bonds is 8. The fourth-order valence-corrected chi connectivity index (χ4v) is 4.59. The van der Waals surface area contributed by atoms with E-state index in [-0.39, 0.29) is 30.1 Å². The van der Waals surface area contributed by atoms with Gasteiger partial charge < -0.3 is 10.6 Å². The molecule has 0 saturated carbocycles. The van der Waals surface area contributed by atoms with Crippen molar-refractivity contribution in [2.75, 3.05) is 17.2 Å². The van der Waals surface area contributed by atoms with Crippen LogP contribution in [0.2, 0.25) is 0 Å². The number of amides is 1. The van der Waals surface area contributed by atoms with Crippen LogP contribution in [0.15, 0.2) is 36.7 Å². The summed E-state index contributed by atoms with van der Waals surface area (Å²) in [5, 5.41) is 31.6. The molecule has 9 nitrogen and oxygen atoms in total. The van der Waals surface area contributed by atoms with Crippen molar-refractivity contribution in [3.63, 3.8) is 0 Å². The van der Waals surface area contributed by atoms with Crippen molar-refractivity contribution in [1.82, 2.24) is 20.2 Å². The number of carbonyl (C=O) groups excluding carboxylic acids is 1. The monoisotopic (exact) mass is 456 g/mol. The van der Waals surface area contributed by atoms with Gasteiger partial charge in [0.05, 0.1) is 23.6 Å². The molecule has 0 aliphatic heterocycles. The quantitative estimate of drug-likeness (QED) is 0.338. The van der Waals surface area contributed by atoms with Gasteiger partial charge in [-0.15, -0.1) is 11.3 Å². The van der Waals surface area contributed by atoms with E-state index in [0.29, 0.717) is 18.7 Å². The lowest BCUT2D eigenvalue weighted by molar-refractivity contribution is -0.116. The van der Waals surface area contributed by atoms with E-state index >= 15 is 0 Å². The molecular formula is C23H20N8OS. The van der Waals surface area contributed by atoms with Crippen LogP contribution in [0.5, 0.6) is 0 Å². The van der Waals surface area contributed by atoms with Crippen molar-refractivity contribution in [3.05, 3.63) is 52.8 Å². The van der Waals surface area contributed by atoms with Gasteiger partial charge in [0.1, 0.15) is 28.6 Å². The first-order valence-corrected chi connectivity index (χ1v) is 11.1. The van der Waals surface area contributed by atoms with Crippen LogP contribution in [0.1, 0.15) is 29.0 Å². The van der Waals surface area contributed by atoms with Crippen LogP contribution in [0.4, 0.5) is 11.6 Å². The van der Waals surface area contributed by atoms with Crippen LogP contribution in [0, 0.1) is 29.6 Å². The molecule has 1 aromatic carbocycles. The Morgan fingerprint density at radius 1 is 1.18 bits per heavy atom. The number of aromatic amines is 1. The largest absolute Gasteiger partial charge is 0.369 e. The molecule has 0 fully saturated rings. The number of nitriles is 2. The number of anilines is 2. The zero-order chi connectivity index (χ0) is 23.2. The summed E-state index contributed by atoms with van der Waals surface area (Å²) >= 11 is 1.63. The number of aromatic nitrogens is 4. The van der Waals surface area contributed by atoms with Crippen LogP contribution in [0.3, 0.4) is 0 Å². The van der Waals surface area contributed by atoms with E-state index < -0.39 is 0 Å². The summed E-state index contributed by atoms with van der Waals surface area (Å²) in [7, 11) is 0. The third kappa shape index (κ3) is 4.66. The van der Waals surface area contributed by atoms with Gasteiger partial charge in [-0.2, -0.15) is 15.6 Å². The van der Waals surface area contributed by atoms with Crippen LogP contribution < -0.4 is 10.6 Å². The molecule has 10 heteroatoms. The SMILES string of the molecule is Cc1sc2ncnc(NCCCC(=O)Nc3n[nH]c(CC#N)c3C#N)c2c1-c1ccccc1. The zero-order valence-electron chi connectivity index (χ0n) is 17.8. The normalized spacial score (nSPS) is 10.5. The molecule has 0 spiro atoms. The van der Waals surface area contributed by atoms with Gasteiger partial charge in [0.15, 0.2) is 5.82 Å². The van der Waals surface area contributed by atoms with Gasteiger partial charge in [0, 0.05) is 23.4 Å². The fourth-order valence-electron chi connectivity index (χ4n) is 3.58. The predicted octanol–water partition coefficient (Wildman–Crippen LogP) is 4.16. The first kappa shape index (κ1) is 21.9. The highest BCUT2D eigenvalue weighted by molar-refractivity contribution is 7.19. The van der Waals surface area contributed by atoms with Crippen LogP contribution in [-0.4, -0.2) is 32.6 Å². The molecule has 0 radical (unpaired) electrons. The van der Waals surface area contributed by atoms with Crippen LogP contribution in [-0.2, 0) is 11.2 Å². The lowest BCUT2D eigenvalue weighted by atomic mass is 10.0. The number of nitrogens with zero attached hydrogens (tertiary/aromatic N) is 5. The van der Waals surface area contributed by atoms with Crippen molar-refractivity contribution < 1.29 is 4.79 Å². The maximum atomic E-state index is 12.3. The summed E-state index contributed by atoms with van der Waals surface area (Å²) in [4.78, 5) is 23.3. The van der Waals surface area contributed by atoms with Gasteiger partial charge in [0.25, 0.3) is 0 Å². The molecular weight excluding hydrogens is 436 g/mol. The number of fused-ring (bicyclic) bond motifs is 1. The summed E-state index contributed by atoms with van der Waals surface area (Å²) in [6.07, 6.45) is 2.36. The number of hydrogen-bond acceptors (Lipinski definition) is 8. The van der Waals surface area contributed by atoms with Crippen molar-refractivity contribution in [2.24, 2.45) is 0 Å². The van der Waals surface area contributed by atoms with Crippen molar-refractivity contribution in [2.45, 2.75) is 26.2 Å². The number of hydrogen-bond donors (Lipinski definition) is 3. The van der Waals surface area contributed by atoms with Gasteiger partial charge in [0.2, 0.25) is 5.91 Å². The second-order valence-electron chi connectivity index (χ2n) is 7.25. The standard InChI is InChI=1S/C23H20N8OS/c1-14-19(15-6-3-2-4-7-15)20-22(27-13-28-23(20)33-14)26-11-5-8-18(32)29-21-16(12-25)17(9-10-24)30-31-21/h2-4,6-7,13H,5,8-9,11H2,1H3,(H,26,27,28)(H2,29,30,31,32). The average molecular weight is 457 g/mol. The van der Waals surface area contributed by atoms with Crippen molar-refractivity contribution in [1.29, 1.82) is 10.5 Å². The maximum absolute atomic E-state index is 12.3. The van der Waals surface area contributed by atoms with Crippen molar-refractivity contribution >= 4 is 39.1 Å². The van der Waals surface area contributed by atoms with E-state index in [1.807, 2.05) is 30.3 Å². The topological polar surface area (TPSA) is 143 Å². The molecule has 3 N–H and O–H groups in total. The van der Waals surface area contributed by atoms with Gasteiger partial charge >= 0.3 is 0 Å². The van der Waals surface area contributed by atoms with E-state index in [1.165, 1.54) is 4.88 Å². The number of carbonyl (C=O) groups is 1. The molecule has 0 saturated heterocycles. The van der Waals surface area contributed by atoms with Crippen LogP contribution >= 0.6 is 11.3 Å². The van der Waals surface area contributed by atoms with E-state index in [2.05, 4.69) is 49.9 Å². The second-order valence-corrected chi connectivity index (χ2v) is 8.46. The molecule has 0 unspecified atom stereocenters. The number of H-pyrrole nitrogens is 1. The minimum absolute atomic E-state index is 0.0239. The maximum Gasteiger partial charge on any atom is 0.225 e. The van der Waals surface area contributed by atoms with Gasteiger partial charge in [-0.25, -0.2) is 9.97 Å². The average Bonchev–Trinajstić information content (AvgIpc) is 3.37. The molecule has 4 rings (SSSR count). The van der Waals surface area contributed by atoms with Gasteiger partial charge in [-0.3, -0.25) is 9.89 Å². The first-order valence-electron chi connectivity index (χ1n) is 10.3. The Morgan fingerprint density at radius 3 is 2.76 bits per heavy atom. The Labute approximate surface area is 194 Å². The number of thiophene rings is 1. The lowest BCUT2D eigenvalue weighted by Crippen LogP contribution is -2.14. The summed E-state index contributed by atoms with van der Waals surface area (Å²) in [5.41, 5.74) is 2.81. The Balaban J connectivity index is 1.41. The Hall–Kier alpha value is -4.28. The fraction of sp³-hybridized carbons (Fsp3) is 0.217. The highest BCUT2D eigenvalue weighted by atomic mass is 32.1. The van der Waals surface area contributed by atoms with E-state index in [4.69, 9.17) is 5.26 Å². The predicted molar refractivity (Wildman–Crippen MR) is 127 cm³/mol. The van der Waals surface area contributed by atoms with Crippen LogP contribution in [0.25, 0.3) is 21.3 Å². The molecule has 1 amide bonds. The molecule has 0 bridgehead atoms. The number of benzene rings is 1. The summed E-state index contributed by atoms with van der Waals surface area (Å²) in [6, 6.07) is 14.1.